The van der Waals surface area contributed by atoms with Crippen LogP contribution in [0.5, 0.6) is 0 Å². The summed E-state index contributed by atoms with van der Waals surface area (Å²) in [5.74, 6) is -0.163. The smallest absolute Gasteiger partial charge is 0.322 e. The first-order valence-corrected chi connectivity index (χ1v) is 12.0. The third-order valence-electron chi connectivity index (χ3n) is 4.54. The molecule has 0 saturated carbocycles. The van der Waals surface area contributed by atoms with Crippen molar-refractivity contribution < 1.29 is 17.6 Å². The van der Waals surface area contributed by atoms with E-state index < -0.39 is 15.9 Å². The minimum Gasteiger partial charge on any atom is -0.407 e. The van der Waals surface area contributed by atoms with E-state index in [0.29, 0.717) is 22.3 Å². The van der Waals surface area contributed by atoms with Crippen LogP contribution in [0.4, 0.5) is 11.7 Å². The molecule has 32 heavy (non-hydrogen) atoms. The Morgan fingerprint density at radius 1 is 1.06 bits per heavy atom. The van der Waals surface area contributed by atoms with Gasteiger partial charge in [0.25, 0.3) is 15.9 Å². The fraction of sp³-hybridized carbons (Fsp3) is 0.0952. The molecular formula is C21H17ClN4O4S2. The maximum atomic E-state index is 12.8. The average molecular weight is 489 g/mol. The summed E-state index contributed by atoms with van der Waals surface area (Å²) >= 11 is 7.31. The van der Waals surface area contributed by atoms with Gasteiger partial charge in [0.15, 0.2) is 0 Å². The molecule has 0 aliphatic rings. The number of nitrogens with zero attached hydrogens (tertiary/aromatic N) is 3. The maximum absolute atomic E-state index is 12.8. The Bertz CT molecular complexity index is 1340. The van der Waals surface area contributed by atoms with Crippen molar-refractivity contribution in [1.29, 1.82) is 0 Å². The zero-order valence-corrected chi connectivity index (χ0v) is 19.1. The van der Waals surface area contributed by atoms with Crippen molar-refractivity contribution in [3.05, 3.63) is 87.4 Å². The van der Waals surface area contributed by atoms with E-state index in [4.69, 9.17) is 16.0 Å². The van der Waals surface area contributed by atoms with Crippen molar-refractivity contribution in [2.24, 2.45) is 0 Å². The standard InChI is InChI=1S/C21H17ClN4O4S2/c1-26(15-5-3-2-4-6-15)32(28,29)17-10-7-14(8-11-17)20(27)23-21-25-24-19(30-21)13-16-9-12-18(22)31-16/h2-12H,13H2,1H3,(H,23,25,27). The fourth-order valence-electron chi connectivity index (χ4n) is 2.85. The summed E-state index contributed by atoms with van der Waals surface area (Å²) in [5, 5.41) is 10.2. The molecule has 8 nitrogen and oxygen atoms in total. The number of hydrogen-bond donors (Lipinski definition) is 1. The molecule has 0 spiro atoms. The number of sulfonamides is 1. The van der Waals surface area contributed by atoms with Crippen LogP contribution >= 0.6 is 22.9 Å². The number of anilines is 2. The number of benzene rings is 2. The molecule has 0 saturated heterocycles. The van der Waals surface area contributed by atoms with E-state index in [9.17, 15) is 13.2 Å². The van der Waals surface area contributed by atoms with Gasteiger partial charge in [-0.15, -0.1) is 16.4 Å². The molecule has 0 aliphatic heterocycles. The Labute approximate surface area is 193 Å². The van der Waals surface area contributed by atoms with E-state index in [1.54, 1.807) is 30.3 Å². The second-order valence-corrected chi connectivity index (χ2v) is 10.4. The molecule has 0 atom stereocenters. The Kier molecular flexibility index (Phi) is 6.26. The second-order valence-electron chi connectivity index (χ2n) is 6.67. The molecule has 4 aromatic rings. The summed E-state index contributed by atoms with van der Waals surface area (Å²) in [6.07, 6.45) is 0.405. The lowest BCUT2D eigenvalue weighted by Gasteiger charge is -2.19. The van der Waals surface area contributed by atoms with Crippen molar-refractivity contribution in [3.8, 4) is 0 Å². The molecular weight excluding hydrogens is 472 g/mol. The molecule has 2 aromatic carbocycles. The third kappa shape index (κ3) is 4.82. The number of aromatic nitrogens is 2. The van der Waals surface area contributed by atoms with Gasteiger partial charge in [-0.2, -0.15) is 0 Å². The van der Waals surface area contributed by atoms with Gasteiger partial charge in [0.1, 0.15) is 0 Å². The summed E-state index contributed by atoms with van der Waals surface area (Å²) in [4.78, 5) is 13.5. The fourth-order valence-corrected chi connectivity index (χ4v) is 5.13. The first-order chi connectivity index (χ1) is 15.3. The van der Waals surface area contributed by atoms with E-state index in [2.05, 4.69) is 15.5 Å². The first kappa shape index (κ1) is 22.0. The summed E-state index contributed by atoms with van der Waals surface area (Å²) < 4.78 is 33.0. The molecule has 2 aromatic heterocycles. The van der Waals surface area contributed by atoms with Gasteiger partial charge in [-0.3, -0.25) is 14.4 Å². The number of carbonyl (C=O) groups is 1. The first-order valence-electron chi connectivity index (χ1n) is 9.35. The predicted octanol–water partition coefficient (Wildman–Crippen LogP) is 4.45. The third-order valence-corrected chi connectivity index (χ3v) is 7.57. The molecule has 0 aliphatic carbocycles. The van der Waals surface area contributed by atoms with Crippen molar-refractivity contribution in [2.75, 3.05) is 16.7 Å². The Balaban J connectivity index is 1.43. The highest BCUT2D eigenvalue weighted by Gasteiger charge is 2.22. The highest BCUT2D eigenvalue weighted by atomic mass is 35.5. The van der Waals surface area contributed by atoms with Crippen molar-refractivity contribution in [2.45, 2.75) is 11.3 Å². The molecule has 0 bridgehead atoms. The van der Waals surface area contributed by atoms with E-state index in [1.807, 2.05) is 12.1 Å². The van der Waals surface area contributed by atoms with Crippen molar-refractivity contribution in [1.82, 2.24) is 10.2 Å². The Hall–Kier alpha value is -3.21. The molecule has 1 amide bonds. The van der Waals surface area contributed by atoms with Gasteiger partial charge in [0, 0.05) is 17.5 Å². The van der Waals surface area contributed by atoms with Gasteiger partial charge < -0.3 is 4.42 Å². The number of rotatable bonds is 7. The summed E-state index contributed by atoms with van der Waals surface area (Å²) in [6.45, 7) is 0. The normalized spacial score (nSPS) is 11.3. The van der Waals surface area contributed by atoms with E-state index in [-0.39, 0.29) is 16.5 Å². The van der Waals surface area contributed by atoms with Gasteiger partial charge in [0.05, 0.1) is 21.3 Å². The number of para-hydroxylation sites is 1. The second kappa shape index (κ2) is 9.11. The van der Waals surface area contributed by atoms with Crippen LogP contribution in [0, 0.1) is 0 Å². The van der Waals surface area contributed by atoms with Crippen LogP contribution in [-0.2, 0) is 16.4 Å². The molecule has 0 radical (unpaired) electrons. The van der Waals surface area contributed by atoms with Crippen LogP contribution in [0.25, 0.3) is 0 Å². The average Bonchev–Trinajstić information content (AvgIpc) is 3.42. The number of hydrogen-bond acceptors (Lipinski definition) is 7. The number of thiophene rings is 1. The lowest BCUT2D eigenvalue weighted by molar-refractivity contribution is 0.102. The zero-order chi connectivity index (χ0) is 22.7. The summed E-state index contributed by atoms with van der Waals surface area (Å²) in [5.41, 5.74) is 0.780. The lowest BCUT2D eigenvalue weighted by atomic mass is 10.2. The van der Waals surface area contributed by atoms with Gasteiger partial charge in [-0.25, -0.2) is 8.42 Å². The molecule has 11 heteroatoms. The Morgan fingerprint density at radius 2 is 1.78 bits per heavy atom. The highest BCUT2D eigenvalue weighted by Crippen LogP contribution is 2.24. The van der Waals surface area contributed by atoms with Crippen LogP contribution in [0.1, 0.15) is 21.1 Å². The van der Waals surface area contributed by atoms with E-state index in [0.717, 1.165) is 4.88 Å². The number of carbonyl (C=O) groups excluding carboxylic acids is 1. The quantitative estimate of drug-likeness (QED) is 0.412. The summed E-state index contributed by atoms with van der Waals surface area (Å²) in [6, 6.07) is 17.9. The summed E-state index contributed by atoms with van der Waals surface area (Å²) in [7, 11) is -2.29. The van der Waals surface area contributed by atoms with Crippen molar-refractivity contribution >= 4 is 50.6 Å². The van der Waals surface area contributed by atoms with Gasteiger partial charge in [0.2, 0.25) is 5.89 Å². The van der Waals surface area contributed by atoms with Gasteiger partial charge in [-0.1, -0.05) is 34.9 Å². The Morgan fingerprint density at radius 3 is 2.44 bits per heavy atom. The minimum atomic E-state index is -3.77. The van der Waals surface area contributed by atoms with Gasteiger partial charge >= 0.3 is 6.01 Å². The van der Waals surface area contributed by atoms with Crippen LogP contribution < -0.4 is 9.62 Å². The lowest BCUT2D eigenvalue weighted by Crippen LogP contribution is -2.26. The zero-order valence-electron chi connectivity index (χ0n) is 16.7. The van der Waals surface area contributed by atoms with Crippen molar-refractivity contribution in [3.63, 3.8) is 0 Å². The largest absolute Gasteiger partial charge is 0.407 e. The topological polar surface area (TPSA) is 105 Å². The highest BCUT2D eigenvalue weighted by molar-refractivity contribution is 7.92. The van der Waals surface area contributed by atoms with E-state index >= 15 is 0 Å². The predicted molar refractivity (Wildman–Crippen MR) is 123 cm³/mol. The van der Waals surface area contributed by atoms with Crippen LogP contribution in [0.3, 0.4) is 0 Å². The SMILES string of the molecule is CN(c1ccccc1)S(=O)(=O)c1ccc(C(=O)Nc2nnc(Cc3ccc(Cl)s3)o2)cc1. The molecule has 1 N–H and O–H groups in total. The molecule has 4 rings (SSSR count). The van der Waals surface area contributed by atoms with Crippen LogP contribution in [0.15, 0.2) is 76.0 Å². The number of nitrogens with one attached hydrogen (secondary N) is 1. The molecule has 0 fully saturated rings. The van der Waals surface area contributed by atoms with E-state index in [1.165, 1.54) is 47.0 Å². The minimum absolute atomic E-state index is 0.0480. The number of amides is 1. The monoisotopic (exact) mass is 488 g/mol. The molecule has 164 valence electrons. The van der Waals surface area contributed by atoms with Crippen LogP contribution in [0.2, 0.25) is 4.34 Å². The van der Waals surface area contributed by atoms with Gasteiger partial charge in [-0.05, 0) is 48.5 Å². The molecule has 2 heterocycles. The molecule has 0 unspecified atom stereocenters. The maximum Gasteiger partial charge on any atom is 0.322 e. The number of halogens is 1. The van der Waals surface area contributed by atoms with Crippen LogP contribution in [-0.4, -0.2) is 31.6 Å².